The van der Waals surface area contributed by atoms with Crippen molar-refractivity contribution >= 4 is 5.97 Å². The third-order valence-electron chi connectivity index (χ3n) is 7.05. The minimum absolute atomic E-state index is 0.0541. The predicted octanol–water partition coefficient (Wildman–Crippen LogP) is 5.35. The summed E-state index contributed by atoms with van der Waals surface area (Å²) in [5.41, 5.74) is -0.438. The second-order valence-electron chi connectivity index (χ2n) is 9.05. The summed E-state index contributed by atoms with van der Waals surface area (Å²) in [5, 5.41) is 0. The topological polar surface area (TPSA) is 26.3 Å². The van der Waals surface area contributed by atoms with Gasteiger partial charge in [-0.3, -0.25) is 4.79 Å². The molecule has 0 aromatic heterocycles. The van der Waals surface area contributed by atoms with Gasteiger partial charge in [0.2, 0.25) is 0 Å². The van der Waals surface area contributed by atoms with Gasteiger partial charge < -0.3 is 4.74 Å². The van der Waals surface area contributed by atoms with Crippen LogP contribution in [0.5, 0.6) is 0 Å². The number of esters is 1. The van der Waals surface area contributed by atoms with Gasteiger partial charge >= 0.3 is 5.97 Å². The van der Waals surface area contributed by atoms with Crippen molar-refractivity contribution < 1.29 is 9.53 Å². The summed E-state index contributed by atoms with van der Waals surface area (Å²) in [5.74, 6) is 3.17. The van der Waals surface area contributed by atoms with Crippen molar-refractivity contribution in [2.45, 2.75) is 91.1 Å². The van der Waals surface area contributed by atoms with E-state index in [2.05, 4.69) is 13.8 Å². The molecule has 0 saturated heterocycles. The molecule has 4 aliphatic rings. The zero-order chi connectivity index (χ0) is 16.0. The summed E-state index contributed by atoms with van der Waals surface area (Å²) in [7, 11) is 0. The van der Waals surface area contributed by atoms with Gasteiger partial charge in [0.05, 0.1) is 5.41 Å². The molecule has 126 valence electrons. The molecule has 0 heterocycles. The van der Waals surface area contributed by atoms with Crippen LogP contribution in [0.4, 0.5) is 0 Å². The van der Waals surface area contributed by atoms with E-state index in [1.165, 1.54) is 38.5 Å². The van der Waals surface area contributed by atoms with Crippen LogP contribution in [0.1, 0.15) is 85.5 Å². The molecular weight excluding hydrogens is 272 g/mol. The maximum absolute atomic E-state index is 12.8. The summed E-state index contributed by atoms with van der Waals surface area (Å²) in [4.78, 5) is 12.8. The first-order valence-corrected chi connectivity index (χ1v) is 9.63. The third-order valence-corrected chi connectivity index (χ3v) is 7.05. The molecule has 4 bridgehead atoms. The van der Waals surface area contributed by atoms with Gasteiger partial charge in [-0.05, 0) is 76.5 Å². The van der Waals surface area contributed by atoms with Crippen LogP contribution in [0.25, 0.3) is 0 Å². The fraction of sp³-hybridized carbons (Fsp3) is 0.950. The summed E-state index contributed by atoms with van der Waals surface area (Å²) in [6.45, 7) is 8.44. The molecular formula is C20H34O2. The Kier molecular flexibility index (Phi) is 4.33. The van der Waals surface area contributed by atoms with Crippen LogP contribution < -0.4 is 0 Å². The number of carbonyl (C=O) groups excluding carboxylic acids is 1. The number of hydrogen-bond acceptors (Lipinski definition) is 2. The van der Waals surface area contributed by atoms with E-state index in [0.29, 0.717) is 5.92 Å². The van der Waals surface area contributed by atoms with Crippen LogP contribution >= 0.6 is 0 Å². The zero-order valence-electron chi connectivity index (χ0n) is 15.0. The van der Waals surface area contributed by atoms with E-state index in [9.17, 15) is 4.79 Å². The fourth-order valence-corrected chi connectivity index (χ4v) is 5.62. The van der Waals surface area contributed by atoms with Gasteiger partial charge in [0, 0.05) is 5.92 Å². The molecule has 0 aliphatic heterocycles. The van der Waals surface area contributed by atoms with E-state index in [4.69, 9.17) is 4.74 Å². The number of ether oxygens (including phenoxy) is 1. The highest BCUT2D eigenvalue weighted by Gasteiger charge is 2.59. The van der Waals surface area contributed by atoms with Crippen molar-refractivity contribution in [1.29, 1.82) is 0 Å². The van der Waals surface area contributed by atoms with Crippen LogP contribution in [-0.4, -0.2) is 11.6 Å². The largest absolute Gasteiger partial charge is 0.458 e. The Balaban J connectivity index is 1.82. The maximum atomic E-state index is 12.8. The maximum Gasteiger partial charge on any atom is 0.312 e. The van der Waals surface area contributed by atoms with Crippen LogP contribution in [-0.2, 0) is 9.53 Å². The molecule has 4 rings (SSSR count). The van der Waals surface area contributed by atoms with Gasteiger partial charge in [0.25, 0.3) is 0 Å². The number of unbranched alkanes of at least 4 members (excludes halogenated alkanes) is 1. The number of carbonyl (C=O) groups is 1. The van der Waals surface area contributed by atoms with E-state index < -0.39 is 0 Å². The molecule has 0 radical (unpaired) electrons. The van der Waals surface area contributed by atoms with Crippen molar-refractivity contribution in [3.05, 3.63) is 0 Å². The predicted molar refractivity (Wildman–Crippen MR) is 89.5 cm³/mol. The Morgan fingerprint density at radius 1 is 1.14 bits per heavy atom. The average molecular weight is 306 g/mol. The van der Waals surface area contributed by atoms with Crippen LogP contribution in [0.3, 0.4) is 0 Å². The lowest BCUT2D eigenvalue weighted by atomic mass is 9.49. The normalized spacial score (nSPS) is 40.0. The van der Waals surface area contributed by atoms with E-state index in [0.717, 1.165) is 37.0 Å². The summed E-state index contributed by atoms with van der Waals surface area (Å²) < 4.78 is 6.38. The van der Waals surface area contributed by atoms with Crippen LogP contribution in [0.2, 0.25) is 0 Å². The lowest BCUT2D eigenvalue weighted by Crippen LogP contribution is -2.59. The van der Waals surface area contributed by atoms with Gasteiger partial charge in [-0.2, -0.15) is 0 Å². The Labute approximate surface area is 136 Å². The first-order chi connectivity index (χ1) is 10.4. The Hall–Kier alpha value is -0.530. The second kappa shape index (κ2) is 5.83. The third kappa shape index (κ3) is 2.71. The Bertz CT molecular complexity index is 411. The van der Waals surface area contributed by atoms with Gasteiger partial charge in [0.1, 0.15) is 5.60 Å². The monoisotopic (exact) mass is 306 g/mol. The highest BCUT2D eigenvalue weighted by atomic mass is 16.6. The Morgan fingerprint density at radius 3 is 2.32 bits per heavy atom. The van der Waals surface area contributed by atoms with Gasteiger partial charge in [-0.1, -0.05) is 26.7 Å². The minimum Gasteiger partial charge on any atom is -0.458 e. The molecule has 0 aromatic carbocycles. The molecule has 22 heavy (non-hydrogen) atoms. The molecule has 2 heteroatoms. The van der Waals surface area contributed by atoms with Crippen molar-refractivity contribution in [2.75, 3.05) is 0 Å². The van der Waals surface area contributed by atoms with Gasteiger partial charge in [-0.25, -0.2) is 0 Å². The number of hydrogen-bond donors (Lipinski definition) is 0. The first kappa shape index (κ1) is 16.3. The van der Waals surface area contributed by atoms with Gasteiger partial charge in [-0.15, -0.1) is 0 Å². The van der Waals surface area contributed by atoms with Crippen LogP contribution in [0.15, 0.2) is 0 Å². The molecule has 4 fully saturated rings. The second-order valence-corrected chi connectivity index (χ2v) is 9.05. The van der Waals surface area contributed by atoms with Crippen molar-refractivity contribution in [3.8, 4) is 0 Å². The average Bonchev–Trinajstić information content (AvgIpc) is 2.45. The molecule has 4 saturated carbocycles. The lowest BCUT2D eigenvalue weighted by Gasteiger charge is -2.60. The van der Waals surface area contributed by atoms with Crippen molar-refractivity contribution in [2.24, 2.45) is 29.1 Å². The van der Waals surface area contributed by atoms with Gasteiger partial charge in [0.15, 0.2) is 0 Å². The lowest BCUT2D eigenvalue weighted by molar-refractivity contribution is -0.217. The molecule has 2 nitrogen and oxygen atoms in total. The summed E-state index contributed by atoms with van der Waals surface area (Å²) in [6.07, 6.45) is 11.2. The smallest absolute Gasteiger partial charge is 0.312 e. The minimum atomic E-state index is -0.335. The van der Waals surface area contributed by atoms with Crippen LogP contribution in [0, 0.1) is 29.1 Å². The van der Waals surface area contributed by atoms with E-state index in [-0.39, 0.29) is 17.0 Å². The first-order valence-electron chi connectivity index (χ1n) is 9.63. The standard InChI is InChI=1S/C20H34O2/c1-5-7-8-17-16-10-14-9-15(11-16)13-20(17,12-14)22-18(21)19(3,4)6-2/h14-17H,5-13H2,1-4H3. The van der Waals surface area contributed by atoms with E-state index >= 15 is 0 Å². The highest BCUT2D eigenvalue weighted by molar-refractivity contribution is 5.76. The molecule has 0 N–H and O–H groups in total. The Morgan fingerprint density at radius 2 is 1.77 bits per heavy atom. The summed E-state index contributed by atoms with van der Waals surface area (Å²) in [6, 6.07) is 0. The van der Waals surface area contributed by atoms with E-state index in [1.807, 2.05) is 13.8 Å². The molecule has 4 aliphatic carbocycles. The summed E-state index contributed by atoms with van der Waals surface area (Å²) >= 11 is 0. The molecule has 0 amide bonds. The SMILES string of the molecule is CCCCC1C2CC3CC(C2)CC1(OC(=O)C(C)(C)CC)C3. The van der Waals surface area contributed by atoms with Crippen molar-refractivity contribution in [1.82, 2.24) is 0 Å². The number of rotatable bonds is 6. The van der Waals surface area contributed by atoms with Crippen molar-refractivity contribution in [3.63, 3.8) is 0 Å². The molecule has 3 atom stereocenters. The van der Waals surface area contributed by atoms with E-state index in [1.54, 1.807) is 0 Å². The fourth-order valence-electron chi connectivity index (χ4n) is 5.62. The molecule has 0 spiro atoms. The molecule has 3 unspecified atom stereocenters. The highest BCUT2D eigenvalue weighted by Crippen LogP contribution is 2.61. The quantitative estimate of drug-likeness (QED) is 0.618. The zero-order valence-corrected chi connectivity index (χ0v) is 15.0. The molecule has 0 aromatic rings.